The second kappa shape index (κ2) is 6.16. The molecule has 0 aliphatic rings. The molecule has 1 aromatic rings. The second-order valence-corrected chi connectivity index (χ2v) is 2.89. The Morgan fingerprint density at radius 3 is 2.47 bits per heavy atom. The predicted molar refractivity (Wildman–Crippen MR) is 54.5 cm³/mol. The molecule has 0 fully saturated rings. The maximum Gasteiger partial charge on any atom is 0.340 e. The minimum atomic E-state index is -0.664. The second-order valence-electron chi connectivity index (χ2n) is 2.89. The van der Waals surface area contributed by atoms with E-state index in [0.717, 1.165) is 0 Å². The molecular formula is C11H14O4. The molecule has 1 rings (SSSR count). The Bertz CT molecular complexity index is 297. The average molecular weight is 210 g/mol. The highest BCUT2D eigenvalue weighted by Crippen LogP contribution is 2.04. The Balaban J connectivity index is 2.55. The highest BCUT2D eigenvalue weighted by atomic mass is 16.7. The summed E-state index contributed by atoms with van der Waals surface area (Å²) >= 11 is 0. The number of hydrogen-bond donors (Lipinski definition) is 0. The van der Waals surface area contributed by atoms with Gasteiger partial charge in [0.1, 0.15) is 6.61 Å². The van der Waals surface area contributed by atoms with Crippen molar-refractivity contribution in [1.82, 2.24) is 0 Å². The number of methoxy groups -OCH3 is 2. The molecule has 0 amide bonds. The van der Waals surface area contributed by atoms with Gasteiger partial charge in [0.25, 0.3) is 0 Å². The molecule has 0 saturated carbocycles. The summed E-state index contributed by atoms with van der Waals surface area (Å²) in [6.07, 6.45) is -0.664. The smallest absolute Gasteiger partial charge is 0.340 e. The molecule has 0 aliphatic carbocycles. The molecule has 0 heterocycles. The van der Waals surface area contributed by atoms with E-state index in [1.165, 1.54) is 14.2 Å². The predicted octanol–water partition coefficient (Wildman–Crippen LogP) is 1.46. The highest BCUT2D eigenvalue weighted by molar-refractivity contribution is 5.89. The third-order valence-corrected chi connectivity index (χ3v) is 1.81. The van der Waals surface area contributed by atoms with Crippen molar-refractivity contribution in [2.45, 2.75) is 6.29 Å². The van der Waals surface area contributed by atoms with Crippen molar-refractivity contribution in [3.63, 3.8) is 0 Å². The van der Waals surface area contributed by atoms with Crippen molar-refractivity contribution >= 4 is 5.97 Å². The van der Waals surface area contributed by atoms with Crippen LogP contribution in [0.15, 0.2) is 30.3 Å². The lowest BCUT2D eigenvalue weighted by molar-refractivity contribution is -0.120. The van der Waals surface area contributed by atoms with Gasteiger partial charge in [0.05, 0.1) is 5.56 Å². The first-order chi connectivity index (χ1) is 7.27. The van der Waals surface area contributed by atoms with Crippen LogP contribution >= 0.6 is 0 Å². The van der Waals surface area contributed by atoms with Gasteiger partial charge >= 0.3 is 5.97 Å². The lowest BCUT2D eigenvalue weighted by atomic mass is 10.2. The SMILES string of the molecule is COCC(OC)OC(=O)c1ccccc1. The number of rotatable bonds is 5. The van der Waals surface area contributed by atoms with E-state index in [9.17, 15) is 4.79 Å². The Labute approximate surface area is 88.8 Å². The van der Waals surface area contributed by atoms with Gasteiger partial charge < -0.3 is 14.2 Å². The molecule has 15 heavy (non-hydrogen) atoms. The molecule has 0 aliphatic heterocycles. The van der Waals surface area contributed by atoms with E-state index in [2.05, 4.69) is 0 Å². The van der Waals surface area contributed by atoms with Crippen LogP contribution in [0.25, 0.3) is 0 Å². The normalized spacial score (nSPS) is 12.1. The quantitative estimate of drug-likeness (QED) is 0.545. The molecule has 0 aromatic heterocycles. The number of benzene rings is 1. The molecule has 0 radical (unpaired) electrons. The third-order valence-electron chi connectivity index (χ3n) is 1.81. The molecule has 0 N–H and O–H groups in total. The fourth-order valence-corrected chi connectivity index (χ4v) is 1.05. The van der Waals surface area contributed by atoms with Crippen molar-refractivity contribution in [2.75, 3.05) is 20.8 Å². The number of carbonyl (C=O) groups is 1. The van der Waals surface area contributed by atoms with Gasteiger partial charge in [-0.15, -0.1) is 0 Å². The van der Waals surface area contributed by atoms with Gasteiger partial charge in [-0.05, 0) is 12.1 Å². The van der Waals surface area contributed by atoms with Crippen LogP contribution in [-0.2, 0) is 14.2 Å². The van der Waals surface area contributed by atoms with Crippen molar-refractivity contribution in [3.05, 3.63) is 35.9 Å². The summed E-state index contributed by atoms with van der Waals surface area (Å²) < 4.78 is 14.8. The van der Waals surface area contributed by atoms with Gasteiger partial charge in [0, 0.05) is 14.2 Å². The third kappa shape index (κ3) is 3.69. The van der Waals surface area contributed by atoms with Crippen molar-refractivity contribution in [3.8, 4) is 0 Å². The summed E-state index contributed by atoms with van der Waals surface area (Å²) in [6.45, 7) is 0.217. The van der Waals surface area contributed by atoms with Crippen LogP contribution in [0.3, 0.4) is 0 Å². The number of esters is 1. The van der Waals surface area contributed by atoms with E-state index in [4.69, 9.17) is 14.2 Å². The van der Waals surface area contributed by atoms with Crippen molar-refractivity contribution in [2.24, 2.45) is 0 Å². The first-order valence-corrected chi connectivity index (χ1v) is 4.55. The largest absolute Gasteiger partial charge is 0.430 e. The summed E-state index contributed by atoms with van der Waals surface area (Å²) in [7, 11) is 2.98. The minimum Gasteiger partial charge on any atom is -0.430 e. The van der Waals surface area contributed by atoms with Crippen LogP contribution in [0.2, 0.25) is 0 Å². The van der Waals surface area contributed by atoms with Crippen LogP contribution in [0.4, 0.5) is 0 Å². The Hall–Kier alpha value is -1.39. The zero-order valence-electron chi connectivity index (χ0n) is 8.80. The molecular weight excluding hydrogens is 196 g/mol. The molecule has 4 nitrogen and oxygen atoms in total. The van der Waals surface area contributed by atoms with Crippen LogP contribution in [0.1, 0.15) is 10.4 Å². The van der Waals surface area contributed by atoms with Gasteiger partial charge in [-0.3, -0.25) is 0 Å². The maximum atomic E-state index is 11.5. The van der Waals surface area contributed by atoms with Gasteiger partial charge in [0.2, 0.25) is 6.29 Å². The van der Waals surface area contributed by atoms with Gasteiger partial charge in [-0.1, -0.05) is 18.2 Å². The highest BCUT2D eigenvalue weighted by Gasteiger charge is 2.14. The molecule has 1 atom stereocenters. The minimum absolute atomic E-state index is 0.217. The Kier molecular flexibility index (Phi) is 4.80. The van der Waals surface area contributed by atoms with Crippen LogP contribution in [0.5, 0.6) is 0 Å². The van der Waals surface area contributed by atoms with Gasteiger partial charge in [-0.2, -0.15) is 0 Å². The number of hydrogen-bond acceptors (Lipinski definition) is 4. The van der Waals surface area contributed by atoms with E-state index in [1.807, 2.05) is 6.07 Å². The summed E-state index contributed by atoms with van der Waals surface area (Å²) in [6, 6.07) is 8.74. The van der Waals surface area contributed by atoms with Crippen molar-refractivity contribution in [1.29, 1.82) is 0 Å². The van der Waals surface area contributed by atoms with E-state index in [0.29, 0.717) is 5.56 Å². The van der Waals surface area contributed by atoms with Crippen LogP contribution in [-0.4, -0.2) is 33.1 Å². The summed E-state index contributed by atoms with van der Waals surface area (Å²) in [5.74, 6) is -0.417. The Morgan fingerprint density at radius 1 is 1.27 bits per heavy atom. The van der Waals surface area contributed by atoms with E-state index < -0.39 is 12.3 Å². The first-order valence-electron chi connectivity index (χ1n) is 4.55. The number of ether oxygens (including phenoxy) is 3. The van der Waals surface area contributed by atoms with E-state index in [-0.39, 0.29) is 6.61 Å². The zero-order valence-corrected chi connectivity index (χ0v) is 8.80. The number of carbonyl (C=O) groups excluding carboxylic acids is 1. The first kappa shape index (κ1) is 11.7. The van der Waals surface area contributed by atoms with E-state index >= 15 is 0 Å². The fraction of sp³-hybridized carbons (Fsp3) is 0.364. The Morgan fingerprint density at radius 2 is 1.93 bits per heavy atom. The van der Waals surface area contributed by atoms with Crippen LogP contribution < -0.4 is 0 Å². The molecule has 1 unspecified atom stereocenters. The molecule has 82 valence electrons. The summed E-state index contributed by atoms with van der Waals surface area (Å²) in [5, 5.41) is 0. The monoisotopic (exact) mass is 210 g/mol. The fourth-order valence-electron chi connectivity index (χ4n) is 1.05. The van der Waals surface area contributed by atoms with Gasteiger partial charge in [-0.25, -0.2) is 4.79 Å². The summed E-state index contributed by atoms with van der Waals surface area (Å²) in [5.41, 5.74) is 0.496. The molecule has 4 heteroatoms. The van der Waals surface area contributed by atoms with E-state index in [1.54, 1.807) is 24.3 Å². The molecule has 0 bridgehead atoms. The molecule has 0 spiro atoms. The average Bonchev–Trinajstić information content (AvgIpc) is 2.29. The lowest BCUT2D eigenvalue weighted by Crippen LogP contribution is -2.24. The molecule has 0 saturated heterocycles. The maximum absolute atomic E-state index is 11.5. The lowest BCUT2D eigenvalue weighted by Gasteiger charge is -2.14. The van der Waals surface area contributed by atoms with Crippen molar-refractivity contribution < 1.29 is 19.0 Å². The van der Waals surface area contributed by atoms with Crippen LogP contribution in [0, 0.1) is 0 Å². The zero-order chi connectivity index (χ0) is 11.1. The topological polar surface area (TPSA) is 44.8 Å². The molecule has 1 aromatic carbocycles. The standard InChI is InChI=1S/C11H14O4/c1-13-8-10(14-2)15-11(12)9-6-4-3-5-7-9/h3-7,10H,8H2,1-2H3. The summed E-state index contributed by atoms with van der Waals surface area (Å²) in [4.78, 5) is 11.5. The van der Waals surface area contributed by atoms with Gasteiger partial charge in [0.15, 0.2) is 0 Å².